The molecule has 0 unspecified atom stereocenters. The van der Waals surface area contributed by atoms with Gasteiger partial charge in [0.2, 0.25) is 5.75 Å². The lowest BCUT2D eigenvalue weighted by Crippen LogP contribution is -2.06. The zero-order valence-electron chi connectivity index (χ0n) is 16.2. The van der Waals surface area contributed by atoms with Crippen molar-refractivity contribution in [2.75, 3.05) is 13.7 Å². The summed E-state index contributed by atoms with van der Waals surface area (Å²) in [7, 11) is 1.27. The molecule has 0 aliphatic rings. The van der Waals surface area contributed by atoms with Gasteiger partial charge in [0, 0.05) is 6.07 Å². The van der Waals surface area contributed by atoms with Gasteiger partial charge in [-0.3, -0.25) is 10.1 Å². The molecule has 0 N–H and O–H groups in total. The Balaban J connectivity index is 2.42. The monoisotopic (exact) mass is 436 g/mol. The predicted octanol–water partition coefficient (Wildman–Crippen LogP) is 4.88. The van der Waals surface area contributed by atoms with Gasteiger partial charge in [-0.15, -0.1) is 0 Å². The van der Waals surface area contributed by atoms with Crippen LogP contribution in [0.3, 0.4) is 0 Å². The zero-order chi connectivity index (χ0) is 23.2. The number of ether oxygens (including phenoxy) is 3. The van der Waals surface area contributed by atoms with Crippen LogP contribution < -0.4 is 9.47 Å². The second-order valence-corrected chi connectivity index (χ2v) is 5.84. The van der Waals surface area contributed by atoms with Gasteiger partial charge in [0.1, 0.15) is 11.6 Å². The van der Waals surface area contributed by atoms with E-state index < -0.39 is 34.1 Å². The molecule has 0 spiro atoms. The molecule has 0 radical (unpaired) electrons. The van der Waals surface area contributed by atoms with Crippen molar-refractivity contribution in [2.45, 2.75) is 13.1 Å². The molecule has 31 heavy (non-hydrogen) atoms. The normalized spacial score (nSPS) is 11.4. The van der Waals surface area contributed by atoms with E-state index in [1.54, 1.807) is 13.0 Å². The Morgan fingerprint density at radius 2 is 1.87 bits per heavy atom. The molecular weight excluding hydrogens is 421 g/mol. The van der Waals surface area contributed by atoms with E-state index in [2.05, 4.69) is 0 Å². The summed E-state index contributed by atoms with van der Waals surface area (Å²) in [6.45, 7) is 1.67. The number of carbonyl (C=O) groups excluding carboxylic acids is 1. The number of carbonyl (C=O) groups is 1. The molecule has 0 aliphatic heterocycles. The van der Waals surface area contributed by atoms with Crippen molar-refractivity contribution >= 4 is 17.7 Å². The number of hydrogen-bond acceptors (Lipinski definition) is 7. The van der Waals surface area contributed by atoms with Crippen LogP contribution in [-0.2, 0) is 15.7 Å². The highest BCUT2D eigenvalue weighted by molar-refractivity contribution is 5.97. The van der Waals surface area contributed by atoms with Gasteiger partial charge in [-0.2, -0.15) is 18.4 Å². The van der Waals surface area contributed by atoms with Crippen molar-refractivity contribution in [3.05, 3.63) is 63.2 Å². The summed E-state index contributed by atoms with van der Waals surface area (Å²) in [4.78, 5) is 22.0. The molecule has 162 valence electrons. The number of nitro groups is 1. The van der Waals surface area contributed by atoms with Crippen molar-refractivity contribution in [3.8, 4) is 23.3 Å². The molecule has 2 aromatic rings. The summed E-state index contributed by atoms with van der Waals surface area (Å²) < 4.78 is 53.9. The van der Waals surface area contributed by atoms with Gasteiger partial charge in [-0.25, -0.2) is 4.79 Å². The smallest absolute Gasteiger partial charge is 0.416 e. The van der Waals surface area contributed by atoms with E-state index >= 15 is 0 Å². The van der Waals surface area contributed by atoms with E-state index in [0.717, 1.165) is 6.07 Å². The van der Waals surface area contributed by atoms with Crippen LogP contribution in [0.5, 0.6) is 17.2 Å². The van der Waals surface area contributed by atoms with E-state index in [4.69, 9.17) is 19.5 Å². The highest BCUT2D eigenvalue weighted by Gasteiger charge is 2.33. The fourth-order valence-electron chi connectivity index (χ4n) is 2.41. The van der Waals surface area contributed by atoms with Crippen LogP contribution >= 0.6 is 0 Å². The molecule has 0 bridgehead atoms. The number of halogens is 3. The number of alkyl halides is 3. The van der Waals surface area contributed by atoms with Crippen molar-refractivity contribution in [2.24, 2.45) is 0 Å². The van der Waals surface area contributed by atoms with Crippen LogP contribution in [0, 0.1) is 21.4 Å². The summed E-state index contributed by atoms with van der Waals surface area (Å²) in [6, 6.07) is 7.70. The fraction of sp³-hybridized carbons (Fsp3) is 0.200. The maximum Gasteiger partial charge on any atom is 0.416 e. The average molecular weight is 436 g/mol. The standard InChI is InChI=1S/C20H15F3N2O6/c1-3-30-19(26)13(11-24)8-12-4-6-17(18(9-12)29-2)31-16-7-5-14(20(21,22)23)10-15(16)25(27)28/h4-10H,3H2,1-2H3/b13-8+. The molecular formula is C20H15F3N2O6. The number of nitrogens with zero attached hydrogens (tertiary/aromatic N) is 2. The molecule has 8 nitrogen and oxygen atoms in total. The number of rotatable bonds is 7. The maximum absolute atomic E-state index is 12.8. The van der Waals surface area contributed by atoms with Crippen molar-refractivity contribution in [3.63, 3.8) is 0 Å². The Kier molecular flexibility index (Phi) is 7.20. The molecule has 0 amide bonds. The van der Waals surface area contributed by atoms with E-state index in [0.29, 0.717) is 17.7 Å². The predicted molar refractivity (Wildman–Crippen MR) is 101 cm³/mol. The molecule has 2 rings (SSSR count). The number of nitro benzene ring substituents is 1. The SMILES string of the molecule is CCOC(=O)/C(C#N)=C/c1ccc(Oc2ccc(C(F)(F)F)cc2[N+](=O)[O-])c(OC)c1. The summed E-state index contributed by atoms with van der Waals surface area (Å²) in [5.41, 5.74) is -1.98. The summed E-state index contributed by atoms with van der Waals surface area (Å²) in [5.74, 6) is -1.21. The Labute approximate surface area is 174 Å². The number of benzene rings is 2. The van der Waals surface area contributed by atoms with Crippen LogP contribution in [0.1, 0.15) is 18.1 Å². The highest BCUT2D eigenvalue weighted by atomic mass is 19.4. The van der Waals surface area contributed by atoms with E-state index in [9.17, 15) is 28.1 Å². The summed E-state index contributed by atoms with van der Waals surface area (Å²) >= 11 is 0. The number of esters is 1. The first-order valence-electron chi connectivity index (χ1n) is 8.61. The summed E-state index contributed by atoms with van der Waals surface area (Å²) in [6.07, 6.45) is -3.52. The van der Waals surface area contributed by atoms with Gasteiger partial charge in [0.05, 0.1) is 24.2 Å². The summed E-state index contributed by atoms with van der Waals surface area (Å²) in [5, 5.41) is 20.3. The van der Waals surface area contributed by atoms with Gasteiger partial charge < -0.3 is 14.2 Å². The first-order valence-corrected chi connectivity index (χ1v) is 8.61. The molecule has 0 heterocycles. The molecule has 2 aromatic carbocycles. The Hall–Kier alpha value is -4.07. The molecule has 0 saturated carbocycles. The van der Waals surface area contributed by atoms with Crippen LogP contribution in [0.15, 0.2) is 42.0 Å². The van der Waals surface area contributed by atoms with Crippen LogP contribution in [-0.4, -0.2) is 24.6 Å². The number of methoxy groups -OCH3 is 1. The molecule has 0 fully saturated rings. The highest BCUT2D eigenvalue weighted by Crippen LogP contribution is 2.40. The minimum atomic E-state index is -4.76. The molecule has 0 saturated heterocycles. The fourth-order valence-corrected chi connectivity index (χ4v) is 2.41. The van der Waals surface area contributed by atoms with Gasteiger partial charge >= 0.3 is 17.8 Å². The third-order valence-corrected chi connectivity index (χ3v) is 3.82. The largest absolute Gasteiger partial charge is 0.493 e. The van der Waals surface area contributed by atoms with Crippen molar-refractivity contribution in [1.29, 1.82) is 5.26 Å². The van der Waals surface area contributed by atoms with Crippen molar-refractivity contribution < 1.29 is 37.1 Å². The zero-order valence-corrected chi connectivity index (χ0v) is 16.2. The molecule has 0 aromatic heterocycles. The van der Waals surface area contributed by atoms with Gasteiger partial charge in [-0.05, 0) is 42.8 Å². The Morgan fingerprint density at radius 1 is 1.19 bits per heavy atom. The quantitative estimate of drug-likeness (QED) is 0.200. The topological polar surface area (TPSA) is 112 Å². The number of nitriles is 1. The van der Waals surface area contributed by atoms with Crippen LogP contribution in [0.25, 0.3) is 6.08 Å². The first kappa shape index (κ1) is 23.2. The number of hydrogen-bond donors (Lipinski definition) is 0. The second-order valence-electron chi connectivity index (χ2n) is 5.84. The Bertz CT molecular complexity index is 1070. The second kappa shape index (κ2) is 9.62. The van der Waals surface area contributed by atoms with Gasteiger partial charge in [0.15, 0.2) is 11.5 Å². The third kappa shape index (κ3) is 5.72. The lowest BCUT2D eigenvalue weighted by atomic mass is 10.1. The minimum absolute atomic E-state index is 0.0304. The minimum Gasteiger partial charge on any atom is -0.493 e. The first-order chi connectivity index (χ1) is 14.6. The van der Waals surface area contributed by atoms with Crippen LogP contribution in [0.4, 0.5) is 18.9 Å². The maximum atomic E-state index is 12.8. The Morgan fingerprint density at radius 3 is 2.42 bits per heavy atom. The average Bonchev–Trinajstić information content (AvgIpc) is 2.72. The molecule has 11 heteroatoms. The van der Waals surface area contributed by atoms with Gasteiger partial charge in [0.25, 0.3) is 0 Å². The van der Waals surface area contributed by atoms with Gasteiger partial charge in [-0.1, -0.05) is 6.07 Å². The van der Waals surface area contributed by atoms with E-state index in [1.807, 2.05) is 0 Å². The lowest BCUT2D eigenvalue weighted by Gasteiger charge is -2.13. The van der Waals surface area contributed by atoms with Crippen molar-refractivity contribution in [1.82, 2.24) is 0 Å². The molecule has 0 aliphatic carbocycles. The lowest BCUT2D eigenvalue weighted by molar-refractivity contribution is -0.385. The van der Waals surface area contributed by atoms with Crippen LogP contribution in [0.2, 0.25) is 0 Å². The van der Waals surface area contributed by atoms with E-state index in [1.165, 1.54) is 31.4 Å². The third-order valence-electron chi connectivity index (χ3n) is 3.82. The molecule has 0 atom stereocenters. The van der Waals surface area contributed by atoms with E-state index in [-0.39, 0.29) is 23.7 Å².